The van der Waals surface area contributed by atoms with Crippen molar-refractivity contribution < 1.29 is 8.78 Å². The topological polar surface area (TPSA) is 89.4 Å². The van der Waals surface area contributed by atoms with Crippen LogP contribution >= 0.6 is 0 Å². The fourth-order valence-electron chi connectivity index (χ4n) is 4.17. The SMILES string of the molecule is CC[C@H](C)c1cc(-c2c(F)cccc2F)nnc1[C@](C)(c1ccnc(-n2ccc(=O)[nH]2)n1)C(C)C. The molecule has 9 heteroatoms. The molecule has 4 aromatic rings. The van der Waals surface area contributed by atoms with Crippen LogP contribution < -0.4 is 5.56 Å². The second-order valence-corrected chi connectivity index (χ2v) is 9.20. The monoisotopic (exact) mass is 478 g/mol. The summed E-state index contributed by atoms with van der Waals surface area (Å²) in [6, 6.07) is 8.70. The van der Waals surface area contributed by atoms with Crippen LogP contribution in [0.25, 0.3) is 17.2 Å². The van der Waals surface area contributed by atoms with E-state index in [2.05, 4.69) is 48.0 Å². The molecule has 4 rings (SSSR count). The third-order valence-corrected chi connectivity index (χ3v) is 6.83. The average Bonchev–Trinajstić information content (AvgIpc) is 3.29. The zero-order valence-corrected chi connectivity index (χ0v) is 20.4. The molecular formula is C26H28F2N6O. The number of halogens is 2. The largest absolute Gasteiger partial charge is 0.268 e. The Morgan fingerprint density at radius 1 is 1.09 bits per heavy atom. The molecule has 1 aromatic carbocycles. The van der Waals surface area contributed by atoms with Crippen LogP contribution in [0.1, 0.15) is 63.9 Å². The highest BCUT2D eigenvalue weighted by Crippen LogP contribution is 2.41. The highest BCUT2D eigenvalue weighted by atomic mass is 19.1. The van der Waals surface area contributed by atoms with Gasteiger partial charge in [0.25, 0.3) is 5.56 Å². The summed E-state index contributed by atoms with van der Waals surface area (Å²) in [5.74, 6) is -0.971. The molecule has 7 nitrogen and oxygen atoms in total. The minimum atomic E-state index is -0.705. The normalized spacial score (nSPS) is 14.2. The molecule has 3 aromatic heterocycles. The number of aromatic amines is 1. The van der Waals surface area contributed by atoms with Gasteiger partial charge in [0.1, 0.15) is 11.6 Å². The van der Waals surface area contributed by atoms with Gasteiger partial charge in [0.15, 0.2) is 0 Å². The lowest BCUT2D eigenvalue weighted by Crippen LogP contribution is -2.35. The van der Waals surface area contributed by atoms with Crippen LogP contribution in [-0.4, -0.2) is 29.9 Å². The highest BCUT2D eigenvalue weighted by Gasteiger charge is 2.39. The van der Waals surface area contributed by atoms with Crippen molar-refractivity contribution in [3.8, 4) is 17.2 Å². The van der Waals surface area contributed by atoms with Gasteiger partial charge in [-0.1, -0.05) is 33.8 Å². The van der Waals surface area contributed by atoms with Gasteiger partial charge in [0.05, 0.1) is 28.1 Å². The van der Waals surface area contributed by atoms with Crippen molar-refractivity contribution in [2.24, 2.45) is 5.92 Å². The Labute approximate surface area is 202 Å². The van der Waals surface area contributed by atoms with Crippen molar-refractivity contribution in [1.82, 2.24) is 29.9 Å². The van der Waals surface area contributed by atoms with Crippen LogP contribution in [-0.2, 0) is 5.41 Å². The summed E-state index contributed by atoms with van der Waals surface area (Å²) in [7, 11) is 0. The summed E-state index contributed by atoms with van der Waals surface area (Å²) in [4.78, 5) is 20.7. The Morgan fingerprint density at radius 2 is 1.80 bits per heavy atom. The van der Waals surface area contributed by atoms with Crippen molar-refractivity contribution in [3.63, 3.8) is 0 Å². The predicted octanol–water partition coefficient (Wildman–Crippen LogP) is 5.17. The lowest BCUT2D eigenvalue weighted by molar-refractivity contribution is 0.375. The number of hydrogen-bond donors (Lipinski definition) is 1. The lowest BCUT2D eigenvalue weighted by Gasteiger charge is -2.35. The van der Waals surface area contributed by atoms with Crippen LogP contribution in [0.5, 0.6) is 0 Å². The van der Waals surface area contributed by atoms with Gasteiger partial charge in [-0.05, 0) is 55.0 Å². The molecule has 0 saturated carbocycles. The van der Waals surface area contributed by atoms with E-state index >= 15 is 0 Å². The molecule has 0 spiro atoms. The number of aromatic nitrogens is 6. The first kappa shape index (κ1) is 24.4. The molecule has 0 fully saturated rings. The Balaban J connectivity index is 1.92. The molecule has 0 aliphatic rings. The van der Waals surface area contributed by atoms with Gasteiger partial charge in [-0.3, -0.25) is 9.89 Å². The molecule has 0 unspecified atom stereocenters. The second kappa shape index (κ2) is 9.48. The number of hydrogen-bond acceptors (Lipinski definition) is 5. The predicted molar refractivity (Wildman–Crippen MR) is 129 cm³/mol. The van der Waals surface area contributed by atoms with Crippen LogP contribution in [0.3, 0.4) is 0 Å². The van der Waals surface area contributed by atoms with Crippen molar-refractivity contribution in [1.29, 1.82) is 0 Å². The minimum Gasteiger partial charge on any atom is -0.268 e. The third-order valence-electron chi connectivity index (χ3n) is 6.83. The van der Waals surface area contributed by atoms with Crippen molar-refractivity contribution in [2.45, 2.75) is 52.4 Å². The molecular weight excluding hydrogens is 450 g/mol. The van der Waals surface area contributed by atoms with Gasteiger partial charge < -0.3 is 0 Å². The van der Waals surface area contributed by atoms with E-state index in [0.29, 0.717) is 17.3 Å². The molecule has 1 N–H and O–H groups in total. The Bertz CT molecular complexity index is 1390. The summed E-state index contributed by atoms with van der Waals surface area (Å²) in [5.41, 5.74) is 1.23. The Kier molecular flexibility index (Phi) is 6.60. The Hall–Kier alpha value is -3.75. The number of rotatable bonds is 7. The Morgan fingerprint density at radius 3 is 2.40 bits per heavy atom. The molecule has 0 amide bonds. The van der Waals surface area contributed by atoms with Gasteiger partial charge >= 0.3 is 0 Å². The molecule has 0 bridgehead atoms. The molecule has 2 atom stereocenters. The quantitative estimate of drug-likeness (QED) is 0.396. The van der Waals surface area contributed by atoms with E-state index in [4.69, 9.17) is 4.98 Å². The zero-order valence-electron chi connectivity index (χ0n) is 20.4. The fourth-order valence-corrected chi connectivity index (χ4v) is 4.17. The van der Waals surface area contributed by atoms with Crippen LogP contribution in [0, 0.1) is 17.6 Å². The van der Waals surface area contributed by atoms with E-state index < -0.39 is 17.0 Å². The van der Waals surface area contributed by atoms with E-state index in [0.717, 1.165) is 12.0 Å². The molecule has 0 aliphatic carbocycles. The number of benzene rings is 1. The van der Waals surface area contributed by atoms with E-state index in [1.165, 1.54) is 28.9 Å². The second-order valence-electron chi connectivity index (χ2n) is 9.20. The van der Waals surface area contributed by atoms with Gasteiger partial charge in [-0.25, -0.2) is 23.4 Å². The third kappa shape index (κ3) is 4.38. The van der Waals surface area contributed by atoms with E-state index in [1.54, 1.807) is 18.5 Å². The van der Waals surface area contributed by atoms with Gasteiger partial charge in [0.2, 0.25) is 5.95 Å². The highest BCUT2D eigenvalue weighted by molar-refractivity contribution is 5.62. The van der Waals surface area contributed by atoms with Gasteiger partial charge in [0, 0.05) is 18.5 Å². The molecule has 0 saturated heterocycles. The van der Waals surface area contributed by atoms with Gasteiger partial charge in [-0.15, -0.1) is 5.10 Å². The summed E-state index contributed by atoms with van der Waals surface area (Å²) in [6.07, 6.45) is 4.00. The molecule has 0 aliphatic heterocycles. The fraction of sp³-hybridized carbons (Fsp3) is 0.346. The molecule has 3 heterocycles. The zero-order chi connectivity index (χ0) is 25.3. The maximum absolute atomic E-state index is 14.5. The lowest BCUT2D eigenvalue weighted by atomic mass is 9.70. The first-order valence-electron chi connectivity index (χ1n) is 11.6. The first-order chi connectivity index (χ1) is 16.7. The van der Waals surface area contributed by atoms with E-state index in [9.17, 15) is 13.6 Å². The molecule has 35 heavy (non-hydrogen) atoms. The summed E-state index contributed by atoms with van der Waals surface area (Å²) < 4.78 is 30.5. The molecule has 182 valence electrons. The summed E-state index contributed by atoms with van der Waals surface area (Å²) >= 11 is 0. The summed E-state index contributed by atoms with van der Waals surface area (Å²) in [6.45, 7) is 10.3. The maximum Gasteiger partial charge on any atom is 0.264 e. The van der Waals surface area contributed by atoms with E-state index in [1.807, 2.05) is 13.0 Å². The number of nitrogens with one attached hydrogen (secondary N) is 1. The van der Waals surface area contributed by atoms with Crippen LogP contribution in [0.4, 0.5) is 8.78 Å². The van der Waals surface area contributed by atoms with Crippen molar-refractivity contribution in [2.75, 3.05) is 0 Å². The van der Waals surface area contributed by atoms with Crippen LogP contribution in [0.2, 0.25) is 0 Å². The van der Waals surface area contributed by atoms with Gasteiger partial charge in [-0.2, -0.15) is 5.10 Å². The standard InChI is InChI=1S/C26H28F2N6O/c1-6-16(4)17-14-20(23-18(27)8-7-9-19(23)28)31-32-24(17)26(5,15(2)3)21-10-12-29-25(30-21)34-13-11-22(35)33-34/h7-16H,6H2,1-5H3,(H,33,35)/t16-,26-/m0/s1. The average molecular weight is 479 g/mol. The first-order valence-corrected chi connectivity index (χ1v) is 11.6. The van der Waals surface area contributed by atoms with Crippen molar-refractivity contribution >= 4 is 0 Å². The van der Waals surface area contributed by atoms with E-state index in [-0.39, 0.29) is 28.7 Å². The smallest absolute Gasteiger partial charge is 0.264 e. The summed E-state index contributed by atoms with van der Waals surface area (Å²) in [5, 5.41) is 11.5. The maximum atomic E-state index is 14.5. The number of nitrogens with zero attached hydrogens (tertiary/aromatic N) is 5. The molecule has 0 radical (unpaired) electrons. The minimum absolute atomic E-state index is 0.0297. The van der Waals surface area contributed by atoms with Crippen LogP contribution in [0.15, 0.2) is 53.6 Å². The number of H-pyrrole nitrogens is 1. The van der Waals surface area contributed by atoms with Crippen molar-refractivity contribution in [3.05, 3.63) is 87.7 Å².